The molecule has 0 radical (unpaired) electrons. The van der Waals surface area contributed by atoms with Gasteiger partial charge in [-0.15, -0.1) is 0 Å². The zero-order valence-corrected chi connectivity index (χ0v) is 13.6. The summed E-state index contributed by atoms with van der Waals surface area (Å²) in [5.74, 6) is -4.47. The highest BCUT2D eigenvalue weighted by Crippen LogP contribution is 2.29. The summed E-state index contributed by atoms with van der Waals surface area (Å²) < 4.78 is 70.9. The first kappa shape index (κ1) is 18.1. The van der Waals surface area contributed by atoms with E-state index in [0.29, 0.717) is 22.2 Å². The summed E-state index contributed by atoms with van der Waals surface area (Å²) in [6.07, 6.45) is 2.44. The van der Waals surface area contributed by atoms with Crippen LogP contribution in [0.1, 0.15) is 13.3 Å². The van der Waals surface area contributed by atoms with Gasteiger partial charge in [0.05, 0.1) is 11.7 Å². The summed E-state index contributed by atoms with van der Waals surface area (Å²) in [4.78, 5) is 4.14. The van der Waals surface area contributed by atoms with E-state index >= 15 is 0 Å². The van der Waals surface area contributed by atoms with Crippen molar-refractivity contribution in [1.82, 2.24) is 14.8 Å². The van der Waals surface area contributed by atoms with E-state index in [1.165, 1.54) is 25.4 Å². The lowest BCUT2D eigenvalue weighted by Crippen LogP contribution is -2.23. The summed E-state index contributed by atoms with van der Waals surface area (Å²) >= 11 is 0. The van der Waals surface area contributed by atoms with Crippen LogP contribution >= 0.6 is 0 Å². The van der Waals surface area contributed by atoms with Gasteiger partial charge in [0.1, 0.15) is 12.1 Å². The standard InChI is InChI=1S/C17H14F5N3O/c1-2-17(21,22)9-25-14-5-11(7-23-13(14)8-24-25)10-3-4-12(18)15(6-10)26-16(19)20/h3-8,16H,2,9H2,1H3. The first-order chi connectivity index (χ1) is 12.3. The lowest BCUT2D eigenvalue weighted by molar-refractivity contribution is -0.0521. The number of rotatable bonds is 6. The molecule has 0 fully saturated rings. The first-order valence-electron chi connectivity index (χ1n) is 7.73. The molecule has 4 nitrogen and oxygen atoms in total. The molecule has 9 heteroatoms. The Hall–Kier alpha value is -2.71. The normalized spacial score (nSPS) is 12.1. The van der Waals surface area contributed by atoms with Crippen molar-refractivity contribution in [3.63, 3.8) is 0 Å². The van der Waals surface area contributed by atoms with Gasteiger partial charge in [-0.25, -0.2) is 13.2 Å². The number of pyridine rings is 1. The summed E-state index contributed by atoms with van der Waals surface area (Å²) in [7, 11) is 0. The monoisotopic (exact) mass is 371 g/mol. The predicted octanol–water partition coefficient (Wildman–Crippen LogP) is 4.88. The molecule has 0 aliphatic rings. The summed E-state index contributed by atoms with van der Waals surface area (Å²) in [6.45, 7) is -2.40. The highest BCUT2D eigenvalue weighted by Gasteiger charge is 2.28. The topological polar surface area (TPSA) is 39.9 Å². The van der Waals surface area contributed by atoms with Crippen molar-refractivity contribution in [3.8, 4) is 16.9 Å². The van der Waals surface area contributed by atoms with Gasteiger partial charge in [-0.2, -0.15) is 13.9 Å². The van der Waals surface area contributed by atoms with Crippen molar-refractivity contribution < 1.29 is 26.7 Å². The van der Waals surface area contributed by atoms with Crippen LogP contribution in [0.15, 0.2) is 36.7 Å². The smallest absolute Gasteiger partial charge is 0.387 e. The SMILES string of the molecule is CCC(F)(F)Cn1ncc2ncc(-c3ccc(F)c(OC(F)F)c3)cc21. The second-order valence-electron chi connectivity index (χ2n) is 5.66. The molecule has 0 bridgehead atoms. The van der Waals surface area contributed by atoms with Gasteiger partial charge in [0.2, 0.25) is 0 Å². The second-order valence-corrected chi connectivity index (χ2v) is 5.66. The maximum absolute atomic E-state index is 13.7. The van der Waals surface area contributed by atoms with Crippen molar-refractivity contribution in [2.45, 2.75) is 32.4 Å². The fourth-order valence-corrected chi connectivity index (χ4v) is 2.44. The molecule has 1 aromatic carbocycles. The Bertz CT molecular complexity index is 926. The number of alkyl halides is 4. The van der Waals surface area contributed by atoms with Crippen LogP contribution in [0, 0.1) is 5.82 Å². The van der Waals surface area contributed by atoms with Crippen molar-refractivity contribution in [2.24, 2.45) is 0 Å². The van der Waals surface area contributed by atoms with Crippen LogP contribution in [0.5, 0.6) is 5.75 Å². The third kappa shape index (κ3) is 3.76. The number of fused-ring (bicyclic) bond motifs is 1. The zero-order valence-electron chi connectivity index (χ0n) is 13.6. The van der Waals surface area contributed by atoms with E-state index in [4.69, 9.17) is 0 Å². The highest BCUT2D eigenvalue weighted by molar-refractivity contribution is 5.80. The van der Waals surface area contributed by atoms with Gasteiger partial charge in [0.25, 0.3) is 5.92 Å². The lowest BCUT2D eigenvalue weighted by Gasteiger charge is -2.14. The predicted molar refractivity (Wildman–Crippen MR) is 84.8 cm³/mol. The molecule has 2 aromatic heterocycles. The minimum absolute atomic E-state index is 0.340. The first-order valence-corrected chi connectivity index (χ1v) is 7.73. The maximum Gasteiger partial charge on any atom is 0.387 e. The molecular formula is C17H14F5N3O. The van der Waals surface area contributed by atoms with Crippen LogP contribution < -0.4 is 4.74 Å². The van der Waals surface area contributed by atoms with Gasteiger partial charge in [0, 0.05) is 18.2 Å². The molecule has 138 valence electrons. The zero-order chi connectivity index (χ0) is 18.9. The van der Waals surface area contributed by atoms with Crippen LogP contribution in [0.2, 0.25) is 0 Å². The third-order valence-electron chi connectivity index (χ3n) is 3.87. The van der Waals surface area contributed by atoms with Gasteiger partial charge in [-0.3, -0.25) is 9.67 Å². The molecule has 0 saturated heterocycles. The molecule has 3 aromatic rings. The summed E-state index contributed by atoms with van der Waals surface area (Å²) in [6, 6.07) is 4.99. The minimum Gasteiger partial charge on any atom is -0.432 e. The summed E-state index contributed by atoms with van der Waals surface area (Å²) in [5.41, 5.74) is 1.55. The number of ether oxygens (including phenoxy) is 1. The molecule has 0 aliphatic heterocycles. The number of aromatic nitrogens is 3. The highest BCUT2D eigenvalue weighted by atomic mass is 19.3. The van der Waals surface area contributed by atoms with E-state index in [0.717, 1.165) is 16.8 Å². The van der Waals surface area contributed by atoms with E-state index in [1.807, 2.05) is 0 Å². The van der Waals surface area contributed by atoms with Gasteiger partial charge < -0.3 is 4.74 Å². The fraction of sp³-hybridized carbons (Fsp3) is 0.294. The Balaban J connectivity index is 2.01. The number of hydrogen-bond acceptors (Lipinski definition) is 3. The quantitative estimate of drug-likeness (QED) is 0.580. The molecule has 0 saturated carbocycles. The van der Waals surface area contributed by atoms with Crippen molar-refractivity contribution in [2.75, 3.05) is 0 Å². The molecule has 0 aliphatic carbocycles. The van der Waals surface area contributed by atoms with Crippen molar-refractivity contribution >= 4 is 11.0 Å². The number of benzene rings is 1. The van der Waals surface area contributed by atoms with Gasteiger partial charge in [-0.05, 0) is 23.8 Å². The number of nitrogens with zero attached hydrogens (tertiary/aromatic N) is 3. The molecule has 2 heterocycles. The van der Waals surface area contributed by atoms with E-state index in [2.05, 4.69) is 14.8 Å². The molecular weight excluding hydrogens is 357 g/mol. The number of hydrogen-bond donors (Lipinski definition) is 0. The van der Waals surface area contributed by atoms with E-state index < -0.39 is 30.6 Å². The molecule has 3 rings (SSSR count). The van der Waals surface area contributed by atoms with E-state index in [1.54, 1.807) is 6.07 Å². The fourth-order valence-electron chi connectivity index (χ4n) is 2.44. The van der Waals surface area contributed by atoms with Crippen LogP contribution in [0.3, 0.4) is 0 Å². The molecule has 0 amide bonds. The lowest BCUT2D eigenvalue weighted by atomic mass is 10.1. The second kappa shape index (κ2) is 6.89. The van der Waals surface area contributed by atoms with E-state index in [-0.39, 0.29) is 6.42 Å². The van der Waals surface area contributed by atoms with Crippen molar-refractivity contribution in [1.29, 1.82) is 0 Å². The van der Waals surface area contributed by atoms with Gasteiger partial charge in [-0.1, -0.05) is 13.0 Å². The Morgan fingerprint density at radius 1 is 1.15 bits per heavy atom. The molecule has 26 heavy (non-hydrogen) atoms. The average Bonchev–Trinajstić information content (AvgIpc) is 2.98. The molecule has 0 unspecified atom stereocenters. The molecule has 0 atom stereocenters. The van der Waals surface area contributed by atoms with Crippen LogP contribution in [0.25, 0.3) is 22.2 Å². The summed E-state index contributed by atoms with van der Waals surface area (Å²) in [5, 5.41) is 3.92. The maximum atomic E-state index is 13.7. The van der Waals surface area contributed by atoms with Gasteiger partial charge in [0.15, 0.2) is 11.6 Å². The van der Waals surface area contributed by atoms with E-state index in [9.17, 15) is 22.0 Å². The minimum atomic E-state index is -3.17. The van der Waals surface area contributed by atoms with Crippen molar-refractivity contribution in [3.05, 3.63) is 42.5 Å². The average molecular weight is 371 g/mol. The Morgan fingerprint density at radius 2 is 1.92 bits per heavy atom. The Kier molecular flexibility index (Phi) is 4.80. The van der Waals surface area contributed by atoms with Crippen LogP contribution in [-0.2, 0) is 6.54 Å². The largest absolute Gasteiger partial charge is 0.432 e. The van der Waals surface area contributed by atoms with Crippen LogP contribution in [-0.4, -0.2) is 27.3 Å². The molecule has 0 N–H and O–H groups in total. The Labute approximate surface area is 145 Å². The van der Waals surface area contributed by atoms with Crippen LogP contribution in [0.4, 0.5) is 22.0 Å². The molecule has 0 spiro atoms. The third-order valence-corrected chi connectivity index (χ3v) is 3.87. The Morgan fingerprint density at radius 3 is 2.62 bits per heavy atom. The van der Waals surface area contributed by atoms with Gasteiger partial charge >= 0.3 is 6.61 Å². The number of halogens is 5.